The highest BCUT2D eigenvalue weighted by Crippen LogP contribution is 2.31. The second-order valence-electron chi connectivity index (χ2n) is 4.26. The van der Waals surface area contributed by atoms with Gasteiger partial charge in [-0.05, 0) is 25.5 Å². The highest BCUT2D eigenvalue weighted by molar-refractivity contribution is 6.05. The maximum absolute atomic E-state index is 11.9. The summed E-state index contributed by atoms with van der Waals surface area (Å²) in [6, 6.07) is 5.09. The van der Waals surface area contributed by atoms with Crippen molar-refractivity contribution in [1.82, 2.24) is 4.98 Å². The first-order chi connectivity index (χ1) is 8.06. The number of nitrogens with one attached hydrogen (secondary N) is 1. The minimum Gasteiger partial charge on any atom is -0.508 e. The summed E-state index contributed by atoms with van der Waals surface area (Å²) in [5.74, 6) is 0.171. The molecule has 3 rings (SSSR count). The van der Waals surface area contributed by atoms with Gasteiger partial charge in [0, 0.05) is 23.2 Å². The van der Waals surface area contributed by atoms with Gasteiger partial charge in [0.05, 0.1) is 5.39 Å². The Labute approximate surface area is 96.5 Å². The Kier molecular flexibility index (Phi) is 1.84. The molecule has 0 radical (unpaired) electrons. The van der Waals surface area contributed by atoms with Crippen molar-refractivity contribution in [3.63, 3.8) is 0 Å². The molecular weight excluding hydrogens is 218 g/mol. The lowest BCUT2D eigenvalue weighted by atomic mass is 10.1. The molecule has 0 fully saturated rings. The minimum absolute atomic E-state index is 0.163. The fourth-order valence-corrected chi connectivity index (χ4v) is 2.07. The number of H-pyrrole nitrogens is 1. The summed E-state index contributed by atoms with van der Waals surface area (Å²) < 4.78 is 5.57. The van der Waals surface area contributed by atoms with Crippen molar-refractivity contribution in [2.24, 2.45) is 0 Å². The monoisotopic (exact) mass is 229 g/mol. The summed E-state index contributed by atoms with van der Waals surface area (Å²) >= 11 is 0. The van der Waals surface area contributed by atoms with Gasteiger partial charge >= 0.3 is 0 Å². The molecule has 0 aliphatic rings. The van der Waals surface area contributed by atoms with E-state index in [0.717, 1.165) is 16.6 Å². The highest BCUT2D eigenvalue weighted by Gasteiger charge is 2.12. The van der Waals surface area contributed by atoms with Crippen LogP contribution in [-0.2, 0) is 0 Å². The van der Waals surface area contributed by atoms with Crippen LogP contribution in [-0.4, -0.2) is 10.1 Å². The second kappa shape index (κ2) is 3.13. The molecule has 2 aromatic heterocycles. The number of phenols is 1. The molecule has 2 N–H and O–H groups in total. The molecule has 0 atom stereocenters. The minimum atomic E-state index is -0.163. The fraction of sp³-hybridized carbons (Fsp3) is 0.154. The third-order valence-corrected chi connectivity index (χ3v) is 2.92. The average Bonchev–Trinajstić information content (AvgIpc) is 2.56. The fourth-order valence-electron chi connectivity index (χ4n) is 2.07. The van der Waals surface area contributed by atoms with Crippen molar-refractivity contribution in [2.75, 3.05) is 0 Å². The van der Waals surface area contributed by atoms with E-state index in [1.165, 1.54) is 0 Å². The average molecular weight is 229 g/mol. The lowest BCUT2D eigenvalue weighted by Gasteiger charge is -1.96. The second-order valence-corrected chi connectivity index (χ2v) is 4.26. The summed E-state index contributed by atoms with van der Waals surface area (Å²) in [6.07, 6.45) is 0. The molecule has 4 nitrogen and oxygen atoms in total. The van der Waals surface area contributed by atoms with Gasteiger partial charge in [-0.3, -0.25) is 4.79 Å². The lowest BCUT2D eigenvalue weighted by molar-refractivity contribution is 0.470. The first-order valence-corrected chi connectivity index (χ1v) is 5.32. The zero-order valence-electron chi connectivity index (χ0n) is 9.50. The number of fused-ring (bicyclic) bond motifs is 3. The van der Waals surface area contributed by atoms with E-state index in [0.29, 0.717) is 16.6 Å². The number of aromatic amines is 1. The van der Waals surface area contributed by atoms with Crippen molar-refractivity contribution in [3.8, 4) is 5.75 Å². The molecule has 0 spiro atoms. The number of furan rings is 1. The van der Waals surface area contributed by atoms with Crippen LogP contribution in [0.5, 0.6) is 5.75 Å². The normalized spacial score (nSPS) is 11.4. The maximum atomic E-state index is 11.9. The number of phenolic OH excluding ortho intramolecular Hbond substituents is 1. The van der Waals surface area contributed by atoms with E-state index in [-0.39, 0.29) is 11.3 Å². The molecule has 17 heavy (non-hydrogen) atoms. The first-order valence-electron chi connectivity index (χ1n) is 5.32. The molecule has 1 aromatic carbocycles. The third kappa shape index (κ3) is 1.34. The molecular formula is C13H11NO3. The molecule has 0 saturated heterocycles. The zero-order chi connectivity index (χ0) is 12.2. The SMILES string of the molecule is Cc1cc2oc3cc(O)c(C)cc3c2c(=O)[nH]1. The van der Waals surface area contributed by atoms with Crippen molar-refractivity contribution >= 4 is 21.9 Å². The van der Waals surface area contributed by atoms with Crippen molar-refractivity contribution in [2.45, 2.75) is 13.8 Å². The van der Waals surface area contributed by atoms with E-state index in [9.17, 15) is 9.90 Å². The predicted molar refractivity (Wildman–Crippen MR) is 65.5 cm³/mol. The molecule has 0 unspecified atom stereocenters. The standard InChI is InChI=1S/C13H11NO3/c1-6-3-8-10(5-9(6)15)17-11-4-7(2)14-13(16)12(8)11/h3-5,15H,1-2H3,(H,14,16). The van der Waals surface area contributed by atoms with E-state index < -0.39 is 0 Å². The summed E-state index contributed by atoms with van der Waals surface area (Å²) in [7, 11) is 0. The quantitative estimate of drug-likeness (QED) is 0.622. The highest BCUT2D eigenvalue weighted by atomic mass is 16.3. The van der Waals surface area contributed by atoms with E-state index >= 15 is 0 Å². The number of benzene rings is 1. The molecule has 0 saturated carbocycles. The largest absolute Gasteiger partial charge is 0.508 e. The smallest absolute Gasteiger partial charge is 0.259 e. The van der Waals surface area contributed by atoms with Crippen LogP contribution in [0.3, 0.4) is 0 Å². The van der Waals surface area contributed by atoms with Crippen molar-refractivity contribution in [3.05, 3.63) is 39.8 Å². The van der Waals surface area contributed by atoms with Crippen LogP contribution in [0.2, 0.25) is 0 Å². The molecule has 4 heteroatoms. The Bertz CT molecular complexity index is 796. The van der Waals surface area contributed by atoms with Gasteiger partial charge in [-0.15, -0.1) is 0 Å². The Morgan fingerprint density at radius 1 is 1.18 bits per heavy atom. The topological polar surface area (TPSA) is 66.2 Å². The molecule has 86 valence electrons. The number of aromatic nitrogens is 1. The van der Waals surface area contributed by atoms with Crippen molar-refractivity contribution < 1.29 is 9.52 Å². The Morgan fingerprint density at radius 2 is 1.94 bits per heavy atom. The summed E-state index contributed by atoms with van der Waals surface area (Å²) in [4.78, 5) is 14.6. The van der Waals surface area contributed by atoms with Gasteiger partial charge < -0.3 is 14.5 Å². The number of pyridine rings is 1. The third-order valence-electron chi connectivity index (χ3n) is 2.92. The molecule has 0 aliphatic carbocycles. The first kappa shape index (κ1) is 9.96. The summed E-state index contributed by atoms with van der Waals surface area (Å²) in [5, 5.41) is 10.9. The molecule has 0 aliphatic heterocycles. The molecule has 0 bridgehead atoms. The number of aryl methyl sites for hydroxylation is 2. The van der Waals surface area contributed by atoms with Crippen LogP contribution < -0.4 is 5.56 Å². The van der Waals surface area contributed by atoms with Crippen LogP contribution in [0.15, 0.2) is 27.4 Å². The van der Waals surface area contributed by atoms with E-state index in [4.69, 9.17) is 4.42 Å². The van der Waals surface area contributed by atoms with Crippen LogP contribution in [0.25, 0.3) is 21.9 Å². The predicted octanol–water partition coefficient (Wildman–Crippen LogP) is 2.60. The van der Waals surface area contributed by atoms with Crippen LogP contribution in [0.4, 0.5) is 0 Å². The van der Waals surface area contributed by atoms with Crippen molar-refractivity contribution in [1.29, 1.82) is 0 Å². The molecule has 2 heterocycles. The number of hydrogen-bond acceptors (Lipinski definition) is 3. The summed E-state index contributed by atoms with van der Waals surface area (Å²) in [5.41, 5.74) is 2.39. The van der Waals surface area contributed by atoms with Gasteiger partial charge in [0.1, 0.15) is 16.9 Å². The molecule has 0 amide bonds. The van der Waals surface area contributed by atoms with Gasteiger partial charge in [-0.1, -0.05) is 0 Å². The van der Waals surface area contributed by atoms with E-state index in [1.54, 1.807) is 32.0 Å². The van der Waals surface area contributed by atoms with E-state index in [2.05, 4.69) is 4.98 Å². The lowest BCUT2D eigenvalue weighted by Crippen LogP contribution is -2.05. The van der Waals surface area contributed by atoms with Gasteiger partial charge in [0.2, 0.25) is 0 Å². The maximum Gasteiger partial charge on any atom is 0.259 e. The number of hydrogen-bond donors (Lipinski definition) is 2. The van der Waals surface area contributed by atoms with Gasteiger partial charge in [-0.2, -0.15) is 0 Å². The van der Waals surface area contributed by atoms with Gasteiger partial charge in [-0.25, -0.2) is 0 Å². The van der Waals surface area contributed by atoms with Crippen LogP contribution >= 0.6 is 0 Å². The van der Waals surface area contributed by atoms with Crippen LogP contribution in [0.1, 0.15) is 11.3 Å². The van der Waals surface area contributed by atoms with Gasteiger partial charge in [0.25, 0.3) is 5.56 Å². The Hall–Kier alpha value is -2.23. The number of rotatable bonds is 0. The summed E-state index contributed by atoms with van der Waals surface area (Å²) in [6.45, 7) is 3.59. The van der Waals surface area contributed by atoms with E-state index in [1.807, 2.05) is 0 Å². The Morgan fingerprint density at radius 3 is 2.71 bits per heavy atom. The molecule has 3 aromatic rings. The zero-order valence-corrected chi connectivity index (χ0v) is 9.50. The van der Waals surface area contributed by atoms with Gasteiger partial charge in [0.15, 0.2) is 0 Å². The Balaban J connectivity index is 2.60. The number of aromatic hydroxyl groups is 1. The van der Waals surface area contributed by atoms with Crippen LogP contribution in [0, 0.1) is 13.8 Å².